The van der Waals surface area contributed by atoms with Crippen LogP contribution in [0.1, 0.15) is 33.1 Å². The number of esters is 1. The zero-order valence-electron chi connectivity index (χ0n) is 12.6. The summed E-state index contributed by atoms with van der Waals surface area (Å²) < 4.78 is 10.1. The zero-order chi connectivity index (χ0) is 16.6. The molecular formula is C16H14N4O3. The van der Waals surface area contributed by atoms with Crippen LogP contribution in [0.5, 0.6) is 5.88 Å². The molecule has 0 aliphatic carbocycles. The number of rotatable bonds is 2. The van der Waals surface area contributed by atoms with Gasteiger partial charge in [0.15, 0.2) is 5.69 Å². The van der Waals surface area contributed by atoms with E-state index in [2.05, 4.69) is 16.3 Å². The number of aromatic nitrogens is 2. The number of hydrogen-bond acceptors (Lipinski definition) is 6. The van der Waals surface area contributed by atoms with Gasteiger partial charge in [-0.1, -0.05) is 29.8 Å². The van der Waals surface area contributed by atoms with E-state index in [9.17, 15) is 10.1 Å². The van der Waals surface area contributed by atoms with Gasteiger partial charge in [0.1, 0.15) is 11.6 Å². The van der Waals surface area contributed by atoms with Crippen LogP contribution < -0.4 is 10.5 Å². The summed E-state index contributed by atoms with van der Waals surface area (Å²) in [6, 6.07) is 9.69. The van der Waals surface area contributed by atoms with Crippen molar-refractivity contribution >= 4 is 5.97 Å². The van der Waals surface area contributed by atoms with Crippen molar-refractivity contribution < 1.29 is 14.3 Å². The lowest BCUT2D eigenvalue weighted by molar-refractivity contribution is 0.0592. The second-order valence-electron chi connectivity index (χ2n) is 5.15. The summed E-state index contributed by atoms with van der Waals surface area (Å²) in [5.74, 6) is -0.975. The third-order valence-corrected chi connectivity index (χ3v) is 3.70. The summed E-state index contributed by atoms with van der Waals surface area (Å²) in [4.78, 5) is 12.0. The van der Waals surface area contributed by atoms with Crippen molar-refractivity contribution in [1.82, 2.24) is 10.2 Å². The Kier molecular flexibility index (Phi) is 3.50. The molecule has 0 saturated carbocycles. The second-order valence-corrected chi connectivity index (χ2v) is 5.15. The molecule has 0 radical (unpaired) electrons. The fourth-order valence-corrected chi connectivity index (χ4v) is 2.69. The number of carbonyl (C=O) groups is 1. The number of fused-ring (bicyclic) bond motifs is 1. The molecular weight excluding hydrogens is 296 g/mol. The molecule has 3 N–H and O–H groups in total. The second kappa shape index (κ2) is 5.50. The SMILES string of the molecule is COC(=O)c1[nH]nc2c1C(c1cccc(C)c1)C(C#N)=C(N)O2. The van der Waals surface area contributed by atoms with Gasteiger partial charge in [-0.05, 0) is 12.5 Å². The fraction of sp³-hybridized carbons (Fsp3) is 0.188. The van der Waals surface area contributed by atoms with E-state index in [1.54, 1.807) is 0 Å². The molecule has 3 rings (SSSR count). The van der Waals surface area contributed by atoms with Crippen molar-refractivity contribution in [3.63, 3.8) is 0 Å². The van der Waals surface area contributed by atoms with E-state index in [4.69, 9.17) is 15.2 Å². The summed E-state index contributed by atoms with van der Waals surface area (Å²) in [6.45, 7) is 1.94. The molecule has 7 nitrogen and oxygen atoms in total. The average molecular weight is 310 g/mol. The summed E-state index contributed by atoms with van der Waals surface area (Å²) in [7, 11) is 1.27. The fourth-order valence-electron chi connectivity index (χ4n) is 2.69. The van der Waals surface area contributed by atoms with E-state index in [0.717, 1.165) is 11.1 Å². The van der Waals surface area contributed by atoms with E-state index in [0.29, 0.717) is 5.56 Å². The van der Waals surface area contributed by atoms with Crippen LogP contribution >= 0.6 is 0 Å². The van der Waals surface area contributed by atoms with Crippen LogP contribution in [0.15, 0.2) is 35.7 Å². The van der Waals surface area contributed by atoms with Gasteiger partial charge in [-0.15, -0.1) is 5.10 Å². The van der Waals surface area contributed by atoms with Crippen LogP contribution in [0.25, 0.3) is 0 Å². The highest BCUT2D eigenvalue weighted by Gasteiger charge is 2.37. The summed E-state index contributed by atoms with van der Waals surface area (Å²) >= 11 is 0. The predicted molar refractivity (Wildman–Crippen MR) is 80.4 cm³/mol. The molecule has 0 spiro atoms. The number of carbonyl (C=O) groups excluding carboxylic acids is 1. The number of aromatic amines is 1. The first-order valence-corrected chi connectivity index (χ1v) is 6.87. The molecule has 1 aromatic heterocycles. The standard InChI is InChI=1S/C16H14N4O3/c1-8-4-3-5-9(6-8)11-10(7-17)14(18)23-15-12(11)13(19-20-15)16(21)22-2/h3-6,11H,18H2,1-2H3,(H,19,20). The van der Waals surface area contributed by atoms with Crippen LogP contribution in [-0.2, 0) is 4.74 Å². The van der Waals surface area contributed by atoms with E-state index in [1.165, 1.54) is 7.11 Å². The molecule has 1 unspecified atom stereocenters. The Bertz CT molecular complexity index is 860. The van der Waals surface area contributed by atoms with Crippen LogP contribution in [-0.4, -0.2) is 23.3 Å². The van der Waals surface area contributed by atoms with Crippen LogP contribution in [0.4, 0.5) is 0 Å². The molecule has 7 heteroatoms. The van der Waals surface area contributed by atoms with Gasteiger partial charge in [-0.25, -0.2) is 4.79 Å². The Labute approximate surface area is 132 Å². The van der Waals surface area contributed by atoms with E-state index < -0.39 is 11.9 Å². The largest absolute Gasteiger partial charge is 0.464 e. The highest BCUT2D eigenvalue weighted by atomic mass is 16.5. The number of hydrogen-bond donors (Lipinski definition) is 2. The number of aryl methyl sites for hydroxylation is 1. The van der Waals surface area contributed by atoms with E-state index in [1.807, 2.05) is 31.2 Å². The number of ether oxygens (including phenoxy) is 2. The summed E-state index contributed by atoms with van der Waals surface area (Å²) in [5, 5.41) is 16.1. The summed E-state index contributed by atoms with van der Waals surface area (Å²) in [5.41, 5.74) is 8.53. The van der Waals surface area contributed by atoms with Crippen molar-refractivity contribution in [2.24, 2.45) is 5.73 Å². The molecule has 116 valence electrons. The van der Waals surface area contributed by atoms with Crippen molar-refractivity contribution in [3.8, 4) is 11.9 Å². The Morgan fingerprint density at radius 3 is 2.96 bits per heavy atom. The van der Waals surface area contributed by atoms with Gasteiger partial charge in [-0.3, -0.25) is 5.10 Å². The lowest BCUT2D eigenvalue weighted by Gasteiger charge is -2.23. The van der Waals surface area contributed by atoms with Crippen LogP contribution in [0.3, 0.4) is 0 Å². The Morgan fingerprint density at radius 1 is 1.52 bits per heavy atom. The number of benzene rings is 1. The van der Waals surface area contributed by atoms with Gasteiger partial charge in [0, 0.05) is 0 Å². The molecule has 23 heavy (non-hydrogen) atoms. The molecule has 0 fully saturated rings. The lowest BCUT2D eigenvalue weighted by atomic mass is 9.83. The highest BCUT2D eigenvalue weighted by Crippen LogP contribution is 2.42. The van der Waals surface area contributed by atoms with Crippen molar-refractivity contribution in [2.45, 2.75) is 12.8 Å². The smallest absolute Gasteiger partial charge is 0.356 e. The number of nitrogens with one attached hydrogen (secondary N) is 1. The molecule has 1 aliphatic rings. The first-order valence-electron chi connectivity index (χ1n) is 6.87. The molecule has 1 aliphatic heterocycles. The minimum absolute atomic E-state index is 0.0191. The first kappa shape index (κ1) is 14.7. The third-order valence-electron chi connectivity index (χ3n) is 3.70. The quantitative estimate of drug-likeness (QED) is 0.816. The summed E-state index contributed by atoms with van der Waals surface area (Å²) in [6.07, 6.45) is 0. The molecule has 0 saturated heterocycles. The highest BCUT2D eigenvalue weighted by molar-refractivity contribution is 5.90. The van der Waals surface area contributed by atoms with E-state index >= 15 is 0 Å². The molecule has 2 heterocycles. The first-order chi connectivity index (χ1) is 11.1. The van der Waals surface area contributed by atoms with Gasteiger partial charge in [-0.2, -0.15) is 5.26 Å². The van der Waals surface area contributed by atoms with Crippen LogP contribution in [0, 0.1) is 18.3 Å². The minimum atomic E-state index is -0.585. The number of nitrogens with two attached hydrogens (primary N) is 1. The van der Waals surface area contributed by atoms with Gasteiger partial charge in [0.05, 0.1) is 18.6 Å². The number of nitriles is 1. The Balaban J connectivity index is 2.26. The zero-order valence-corrected chi connectivity index (χ0v) is 12.6. The number of nitrogens with zero attached hydrogens (tertiary/aromatic N) is 2. The third kappa shape index (κ3) is 2.30. The maximum atomic E-state index is 12.0. The topological polar surface area (TPSA) is 114 Å². The molecule has 1 aromatic carbocycles. The van der Waals surface area contributed by atoms with Crippen molar-refractivity contribution in [1.29, 1.82) is 5.26 Å². The Hall–Kier alpha value is -3.27. The molecule has 2 aromatic rings. The maximum Gasteiger partial charge on any atom is 0.356 e. The minimum Gasteiger partial charge on any atom is -0.464 e. The van der Waals surface area contributed by atoms with Gasteiger partial charge in [0.25, 0.3) is 0 Å². The normalized spacial score (nSPS) is 16.3. The maximum absolute atomic E-state index is 12.0. The van der Waals surface area contributed by atoms with Crippen molar-refractivity contribution in [3.05, 3.63) is 58.1 Å². The van der Waals surface area contributed by atoms with Crippen LogP contribution in [0.2, 0.25) is 0 Å². The molecule has 1 atom stereocenters. The molecule has 0 amide bonds. The number of methoxy groups -OCH3 is 1. The van der Waals surface area contributed by atoms with E-state index in [-0.39, 0.29) is 23.0 Å². The monoisotopic (exact) mass is 310 g/mol. The number of allylic oxidation sites excluding steroid dienone is 1. The van der Waals surface area contributed by atoms with Crippen molar-refractivity contribution in [2.75, 3.05) is 7.11 Å². The van der Waals surface area contributed by atoms with Gasteiger partial charge < -0.3 is 15.2 Å². The average Bonchev–Trinajstić information content (AvgIpc) is 2.96. The van der Waals surface area contributed by atoms with Gasteiger partial charge >= 0.3 is 5.97 Å². The van der Waals surface area contributed by atoms with Gasteiger partial charge in [0.2, 0.25) is 11.8 Å². The predicted octanol–water partition coefficient (Wildman–Crippen LogP) is 1.72. The Morgan fingerprint density at radius 2 is 2.30 bits per heavy atom. The number of H-pyrrole nitrogens is 1. The molecule has 0 bridgehead atoms. The lowest BCUT2D eigenvalue weighted by Crippen LogP contribution is -2.22.